The third kappa shape index (κ3) is 7.41. The monoisotopic (exact) mass is 721 g/mol. The number of carboxylic acids is 1. The number of aryl methyl sites for hydroxylation is 1. The van der Waals surface area contributed by atoms with Crippen LogP contribution in [0.5, 0.6) is 11.6 Å². The third-order valence-corrected chi connectivity index (χ3v) is 10.0. The Kier molecular flexibility index (Phi) is 10.6. The van der Waals surface area contributed by atoms with Gasteiger partial charge < -0.3 is 19.5 Å². The van der Waals surface area contributed by atoms with Gasteiger partial charge in [0.1, 0.15) is 23.9 Å². The molecule has 0 bridgehead atoms. The summed E-state index contributed by atoms with van der Waals surface area (Å²) < 4.78 is 39.8. The number of rotatable bonds is 12. The highest BCUT2D eigenvalue weighted by Gasteiger charge is 2.34. The molecule has 6 rings (SSSR count). The number of halogens is 3. The molecule has 50 heavy (non-hydrogen) atoms. The van der Waals surface area contributed by atoms with Crippen LogP contribution in [0.25, 0.3) is 21.3 Å². The van der Waals surface area contributed by atoms with Gasteiger partial charge in [-0.25, -0.2) is 28.3 Å². The number of nitrogens with zero attached hydrogens (tertiary/aromatic N) is 5. The standard InChI is InChI=1S/C36H34ClF2N5O5S/c1-20-12-26(35-34(41-20)28(19-50-35)36(46)47)25-14-23(37)4-7-31(25)49-11-10-44-21(2)42-29-6-5-24(15-27(29)30(44)18-45)43(17-32(38)39)16-22-8-9-40-33(13-22)48-3/h4,7-9,12-14,19,24,32H,5-6,10-11,15-17H2,1-3H3,(H,46,47). The van der Waals surface area contributed by atoms with E-state index in [1.54, 1.807) is 58.6 Å². The summed E-state index contributed by atoms with van der Waals surface area (Å²) in [5.41, 5.74) is 5.17. The number of alkyl halides is 2. The van der Waals surface area contributed by atoms with Gasteiger partial charge >= 0.3 is 5.97 Å². The lowest BCUT2D eigenvalue weighted by Gasteiger charge is -2.39. The first-order chi connectivity index (χ1) is 24.1. The average Bonchev–Trinajstić information content (AvgIpc) is 3.52. The molecular formula is C36H34ClF2N5O5S. The predicted octanol–water partition coefficient (Wildman–Crippen LogP) is 7.43. The van der Waals surface area contributed by atoms with Gasteiger partial charge in [-0.15, -0.1) is 11.3 Å². The van der Waals surface area contributed by atoms with Crippen molar-refractivity contribution in [2.75, 3.05) is 26.8 Å². The van der Waals surface area contributed by atoms with Crippen LogP contribution < -0.4 is 9.47 Å². The van der Waals surface area contributed by atoms with Crippen molar-refractivity contribution in [2.24, 2.45) is 4.99 Å². The first kappa shape index (κ1) is 35.2. The summed E-state index contributed by atoms with van der Waals surface area (Å²) in [7, 11) is 1.50. The molecule has 10 nitrogen and oxygen atoms in total. The molecule has 4 heterocycles. The number of carbonyl (C=O) groups excluding carboxylic acids is 1. The summed E-state index contributed by atoms with van der Waals surface area (Å²) in [4.78, 5) is 41.3. The number of aromatic nitrogens is 2. The molecule has 0 fully saturated rings. The zero-order valence-corrected chi connectivity index (χ0v) is 29.2. The van der Waals surface area contributed by atoms with Crippen molar-refractivity contribution < 1.29 is 33.0 Å². The van der Waals surface area contributed by atoms with E-state index < -0.39 is 18.9 Å². The van der Waals surface area contributed by atoms with E-state index in [-0.39, 0.29) is 31.3 Å². The summed E-state index contributed by atoms with van der Waals surface area (Å²) in [5.74, 6) is 2.59. The minimum atomic E-state index is -2.54. The number of pyridine rings is 2. The highest BCUT2D eigenvalue weighted by atomic mass is 35.5. The van der Waals surface area contributed by atoms with Crippen LogP contribution in [0.3, 0.4) is 0 Å². The number of methoxy groups -OCH3 is 1. The molecule has 1 atom stereocenters. The number of allylic oxidation sites excluding steroid dienone is 2. The Morgan fingerprint density at radius 3 is 2.78 bits per heavy atom. The second-order valence-corrected chi connectivity index (χ2v) is 13.4. The topological polar surface area (TPSA) is 117 Å². The Hall–Kier alpha value is -4.68. The number of hydrogen-bond acceptors (Lipinski definition) is 10. The van der Waals surface area contributed by atoms with Crippen LogP contribution in [0.2, 0.25) is 5.02 Å². The van der Waals surface area contributed by atoms with Crippen molar-refractivity contribution >= 4 is 50.9 Å². The number of carboxylic acid groups (broad SMARTS) is 1. The van der Waals surface area contributed by atoms with E-state index in [4.69, 9.17) is 26.1 Å². The molecule has 0 saturated carbocycles. The van der Waals surface area contributed by atoms with Gasteiger partial charge in [-0.3, -0.25) is 9.88 Å². The number of fused-ring (bicyclic) bond motifs is 1. The van der Waals surface area contributed by atoms with Crippen LogP contribution in [0.1, 0.15) is 47.8 Å². The molecule has 4 aromatic rings. The number of ether oxygens (including phenoxy) is 2. The zero-order chi connectivity index (χ0) is 35.5. The molecule has 14 heteroatoms. The quantitative estimate of drug-likeness (QED) is 0.149. The van der Waals surface area contributed by atoms with Crippen LogP contribution in [0.4, 0.5) is 8.78 Å². The van der Waals surface area contributed by atoms with Crippen molar-refractivity contribution in [3.8, 4) is 22.8 Å². The highest BCUT2D eigenvalue weighted by Crippen LogP contribution is 2.41. The van der Waals surface area contributed by atoms with Crippen molar-refractivity contribution in [3.63, 3.8) is 0 Å². The number of aromatic carboxylic acids is 1. The molecule has 2 aliphatic rings. The molecule has 1 aromatic carbocycles. The van der Waals surface area contributed by atoms with Gasteiger partial charge in [-0.2, -0.15) is 0 Å². The summed E-state index contributed by atoms with van der Waals surface area (Å²) in [6.07, 6.45) is 0.553. The Morgan fingerprint density at radius 2 is 2.04 bits per heavy atom. The van der Waals surface area contributed by atoms with Crippen molar-refractivity contribution in [2.45, 2.75) is 52.1 Å². The van der Waals surface area contributed by atoms with Gasteiger partial charge in [0.2, 0.25) is 5.88 Å². The number of hydrogen-bond donors (Lipinski definition) is 1. The largest absolute Gasteiger partial charge is 0.491 e. The predicted molar refractivity (Wildman–Crippen MR) is 188 cm³/mol. The van der Waals surface area contributed by atoms with E-state index in [0.29, 0.717) is 74.5 Å². The number of amidine groups is 1. The summed E-state index contributed by atoms with van der Waals surface area (Å²) in [6.45, 7) is 3.87. The van der Waals surface area contributed by atoms with Gasteiger partial charge in [0.25, 0.3) is 6.43 Å². The summed E-state index contributed by atoms with van der Waals surface area (Å²) >= 11 is 7.70. The van der Waals surface area contributed by atoms with E-state index in [1.165, 1.54) is 18.4 Å². The molecule has 0 amide bonds. The SMILES string of the molecule is COc1cc(CN(CC(F)F)C2CCC3=C(C2)C(=C=O)N(CCOc2ccc(Cl)cc2-c2cc(C)nc4c(C(=O)O)csc24)C(C)=N3)ccn1. The van der Waals surface area contributed by atoms with Gasteiger partial charge in [-0.05, 0) is 69.0 Å². The van der Waals surface area contributed by atoms with Gasteiger partial charge in [0.15, 0.2) is 5.94 Å². The molecular weight excluding hydrogens is 688 g/mol. The Bertz CT molecular complexity index is 2060. The minimum absolute atomic E-state index is 0.126. The fourth-order valence-corrected chi connectivity index (χ4v) is 7.72. The van der Waals surface area contributed by atoms with E-state index in [1.807, 2.05) is 13.0 Å². The van der Waals surface area contributed by atoms with Crippen molar-refractivity contribution in [1.29, 1.82) is 0 Å². The zero-order valence-electron chi connectivity index (χ0n) is 27.6. The van der Waals surface area contributed by atoms with Gasteiger partial charge in [0, 0.05) is 63.3 Å². The van der Waals surface area contributed by atoms with Crippen molar-refractivity contribution in [3.05, 3.63) is 86.8 Å². The molecule has 1 aliphatic heterocycles. The number of benzene rings is 1. The van der Waals surface area contributed by atoms with E-state index >= 15 is 0 Å². The lowest BCUT2D eigenvalue weighted by Crippen LogP contribution is -2.43. The van der Waals surface area contributed by atoms with Crippen LogP contribution in [0.15, 0.2) is 69.9 Å². The van der Waals surface area contributed by atoms with E-state index in [0.717, 1.165) is 16.8 Å². The average molecular weight is 722 g/mol. The van der Waals surface area contributed by atoms with Crippen LogP contribution in [0, 0.1) is 6.92 Å². The highest BCUT2D eigenvalue weighted by molar-refractivity contribution is 7.18. The molecule has 1 N–H and O–H groups in total. The molecule has 260 valence electrons. The molecule has 0 spiro atoms. The lowest BCUT2D eigenvalue weighted by atomic mass is 9.87. The molecule has 1 aliphatic carbocycles. The Morgan fingerprint density at radius 1 is 1.22 bits per heavy atom. The second-order valence-electron chi connectivity index (χ2n) is 12.0. The van der Waals surface area contributed by atoms with E-state index in [9.17, 15) is 23.5 Å². The minimum Gasteiger partial charge on any atom is -0.491 e. The normalized spacial score (nSPS) is 16.2. The molecule has 0 radical (unpaired) electrons. The van der Waals surface area contributed by atoms with Crippen LogP contribution >= 0.6 is 22.9 Å². The van der Waals surface area contributed by atoms with Gasteiger partial charge in [-0.1, -0.05) is 11.6 Å². The van der Waals surface area contributed by atoms with Crippen molar-refractivity contribution in [1.82, 2.24) is 19.8 Å². The van der Waals surface area contributed by atoms with Crippen LogP contribution in [-0.4, -0.2) is 81.9 Å². The maximum atomic E-state index is 13.8. The molecule has 0 saturated heterocycles. The maximum absolute atomic E-state index is 13.8. The Labute approximate surface area is 296 Å². The van der Waals surface area contributed by atoms with Gasteiger partial charge in [0.05, 0.1) is 36.0 Å². The number of carbonyl (C=O) groups is 1. The van der Waals surface area contributed by atoms with E-state index in [2.05, 4.69) is 15.9 Å². The molecule has 3 aromatic heterocycles. The first-order valence-corrected chi connectivity index (χ1v) is 17.2. The van der Waals surface area contributed by atoms with Crippen LogP contribution in [-0.2, 0) is 11.3 Å². The third-order valence-electron chi connectivity index (χ3n) is 8.81. The lowest BCUT2D eigenvalue weighted by molar-refractivity contribution is 0.0563. The number of aliphatic imine (C=N–C) groups is 1. The Balaban J connectivity index is 1.21. The molecule has 1 unspecified atom stereocenters. The summed E-state index contributed by atoms with van der Waals surface area (Å²) in [6, 6.07) is 10.3. The second kappa shape index (κ2) is 15.1. The first-order valence-electron chi connectivity index (χ1n) is 15.9. The maximum Gasteiger partial charge on any atom is 0.338 e. The summed E-state index contributed by atoms with van der Waals surface area (Å²) in [5, 5.41) is 11.7. The smallest absolute Gasteiger partial charge is 0.338 e. The number of thiophene rings is 1. The fourth-order valence-electron chi connectivity index (χ4n) is 6.54. The fraction of sp³-hybridized carbons (Fsp3) is 0.333.